The minimum absolute atomic E-state index is 0.228. The highest BCUT2D eigenvalue weighted by Gasteiger charge is 2.25. The van der Waals surface area contributed by atoms with Gasteiger partial charge in [-0.05, 0) is 35.4 Å². The smallest absolute Gasteiger partial charge is 0.161 e. The van der Waals surface area contributed by atoms with Gasteiger partial charge in [-0.2, -0.15) is 0 Å². The number of hydrogen-bond acceptors (Lipinski definition) is 3. The zero-order valence-electron chi connectivity index (χ0n) is 13.0. The molecule has 2 aromatic rings. The Morgan fingerprint density at radius 3 is 2.59 bits per heavy atom. The first-order valence-corrected chi connectivity index (χ1v) is 7.57. The highest BCUT2D eigenvalue weighted by atomic mass is 16.5. The summed E-state index contributed by atoms with van der Waals surface area (Å²) in [5.41, 5.74) is 3.76. The molecule has 0 bridgehead atoms. The fourth-order valence-corrected chi connectivity index (χ4v) is 3.13. The molecule has 1 unspecified atom stereocenters. The number of benzene rings is 2. The predicted octanol–water partition coefficient (Wildman–Crippen LogP) is 1.81. The Hall–Kier alpha value is -2.20. The molecule has 0 fully saturated rings. The van der Waals surface area contributed by atoms with Crippen molar-refractivity contribution in [1.82, 2.24) is 0 Å². The quantitative estimate of drug-likeness (QED) is 0.905. The average Bonchev–Trinajstić information content (AvgIpc) is 2.55. The Kier molecular flexibility index (Phi) is 4.20. The Balaban J connectivity index is 1.87. The van der Waals surface area contributed by atoms with E-state index in [1.807, 2.05) is 24.3 Å². The average molecular weight is 300 g/mol. The summed E-state index contributed by atoms with van der Waals surface area (Å²) >= 11 is 0. The predicted molar refractivity (Wildman–Crippen MR) is 84.6 cm³/mol. The molecular weight excluding hydrogens is 278 g/mol. The molecule has 3 rings (SSSR count). The van der Waals surface area contributed by atoms with Crippen LogP contribution in [0.25, 0.3) is 0 Å². The van der Waals surface area contributed by atoms with Crippen LogP contribution in [0.4, 0.5) is 0 Å². The van der Waals surface area contributed by atoms with Crippen LogP contribution in [0, 0.1) is 0 Å². The minimum Gasteiger partial charge on any atom is -0.504 e. The maximum atomic E-state index is 9.95. The Labute approximate surface area is 130 Å². The van der Waals surface area contributed by atoms with Crippen molar-refractivity contribution >= 4 is 0 Å². The van der Waals surface area contributed by atoms with E-state index in [0.29, 0.717) is 11.8 Å². The zero-order chi connectivity index (χ0) is 15.5. The number of phenols is 1. The number of aromatic hydroxyl groups is 1. The maximum Gasteiger partial charge on any atom is 0.161 e. The van der Waals surface area contributed by atoms with E-state index >= 15 is 0 Å². The van der Waals surface area contributed by atoms with Crippen molar-refractivity contribution in [2.45, 2.75) is 18.9 Å². The largest absolute Gasteiger partial charge is 0.504 e. The van der Waals surface area contributed by atoms with Gasteiger partial charge < -0.3 is 19.9 Å². The first-order chi connectivity index (χ1) is 10.7. The third-order valence-electron chi connectivity index (χ3n) is 4.32. The van der Waals surface area contributed by atoms with Crippen molar-refractivity contribution in [3.63, 3.8) is 0 Å². The lowest BCUT2D eigenvalue weighted by Crippen LogP contribution is -2.87. The highest BCUT2D eigenvalue weighted by molar-refractivity contribution is 5.48. The van der Waals surface area contributed by atoms with Crippen LogP contribution in [-0.2, 0) is 12.8 Å². The lowest BCUT2D eigenvalue weighted by molar-refractivity contribution is -0.698. The van der Waals surface area contributed by atoms with Gasteiger partial charge in [0.1, 0.15) is 11.8 Å². The number of hydrogen-bond donors (Lipinski definition) is 2. The molecule has 1 aliphatic heterocycles. The fourth-order valence-electron chi connectivity index (χ4n) is 3.13. The van der Waals surface area contributed by atoms with Gasteiger partial charge in [-0.15, -0.1) is 0 Å². The molecule has 22 heavy (non-hydrogen) atoms. The number of methoxy groups -OCH3 is 2. The van der Waals surface area contributed by atoms with E-state index in [1.165, 1.54) is 16.7 Å². The summed E-state index contributed by atoms with van der Waals surface area (Å²) in [6, 6.07) is 12.4. The molecule has 4 nitrogen and oxygen atoms in total. The maximum absolute atomic E-state index is 9.95. The van der Waals surface area contributed by atoms with Crippen molar-refractivity contribution in [2.24, 2.45) is 0 Å². The van der Waals surface area contributed by atoms with Crippen LogP contribution in [-0.4, -0.2) is 25.9 Å². The monoisotopic (exact) mass is 300 g/mol. The molecule has 0 amide bonds. The summed E-state index contributed by atoms with van der Waals surface area (Å²) in [4.78, 5) is 0. The van der Waals surface area contributed by atoms with Crippen LogP contribution in [0.1, 0.15) is 22.7 Å². The van der Waals surface area contributed by atoms with Gasteiger partial charge in [-0.1, -0.05) is 12.1 Å². The molecular formula is C18H22NO3+. The van der Waals surface area contributed by atoms with Crippen molar-refractivity contribution in [2.75, 3.05) is 20.8 Å². The lowest BCUT2D eigenvalue weighted by atomic mass is 9.90. The van der Waals surface area contributed by atoms with E-state index in [9.17, 15) is 5.11 Å². The minimum atomic E-state index is 0.228. The third kappa shape index (κ3) is 2.88. The van der Waals surface area contributed by atoms with Crippen molar-refractivity contribution in [3.8, 4) is 17.2 Å². The summed E-state index contributed by atoms with van der Waals surface area (Å²) in [6.45, 7) is 1.04. The molecule has 0 saturated carbocycles. The van der Waals surface area contributed by atoms with E-state index in [4.69, 9.17) is 9.47 Å². The second-order valence-electron chi connectivity index (χ2n) is 5.66. The molecule has 0 saturated heterocycles. The van der Waals surface area contributed by atoms with Crippen molar-refractivity contribution in [3.05, 3.63) is 53.1 Å². The second kappa shape index (κ2) is 6.28. The Morgan fingerprint density at radius 1 is 1.14 bits per heavy atom. The first-order valence-electron chi connectivity index (χ1n) is 7.57. The SMILES string of the molecule is COc1ccc(CC2[NH2+]CCc3cc(O)c(OC)cc32)cc1. The van der Waals surface area contributed by atoms with Gasteiger partial charge in [-0.25, -0.2) is 0 Å². The van der Waals surface area contributed by atoms with Gasteiger partial charge in [0.2, 0.25) is 0 Å². The van der Waals surface area contributed by atoms with Gasteiger partial charge in [0, 0.05) is 18.4 Å². The fraction of sp³-hybridized carbons (Fsp3) is 0.333. The normalized spacial score (nSPS) is 16.9. The van der Waals surface area contributed by atoms with E-state index in [2.05, 4.69) is 17.4 Å². The summed E-state index contributed by atoms with van der Waals surface area (Å²) in [7, 11) is 3.27. The molecule has 116 valence electrons. The van der Waals surface area contributed by atoms with Gasteiger partial charge >= 0.3 is 0 Å². The summed E-state index contributed by atoms with van der Waals surface area (Å²) in [6.07, 6.45) is 1.93. The summed E-state index contributed by atoms with van der Waals surface area (Å²) in [5, 5.41) is 12.3. The number of nitrogens with two attached hydrogens (primary N) is 1. The molecule has 0 aromatic heterocycles. The first kappa shape index (κ1) is 14.7. The standard InChI is InChI=1S/C18H21NO3/c1-21-14-5-3-12(4-6-14)9-16-15-11-18(22-2)17(20)10-13(15)7-8-19-16/h3-6,10-11,16,19-20H,7-9H2,1-2H3/p+1. The van der Waals surface area contributed by atoms with Crippen LogP contribution in [0.3, 0.4) is 0 Å². The van der Waals surface area contributed by atoms with Crippen molar-refractivity contribution in [1.29, 1.82) is 0 Å². The summed E-state index contributed by atoms with van der Waals surface area (Å²) < 4.78 is 10.5. The van der Waals surface area contributed by atoms with Crippen LogP contribution in [0.5, 0.6) is 17.2 Å². The van der Waals surface area contributed by atoms with Crippen LogP contribution in [0.15, 0.2) is 36.4 Å². The third-order valence-corrected chi connectivity index (χ3v) is 4.32. The number of quaternary nitrogens is 1. The second-order valence-corrected chi connectivity index (χ2v) is 5.66. The topological polar surface area (TPSA) is 55.3 Å². The number of rotatable bonds is 4. The molecule has 2 aromatic carbocycles. The molecule has 0 radical (unpaired) electrons. The van der Waals surface area contributed by atoms with E-state index in [0.717, 1.165) is 25.1 Å². The van der Waals surface area contributed by atoms with E-state index in [-0.39, 0.29) is 5.75 Å². The van der Waals surface area contributed by atoms with Gasteiger partial charge in [-0.3, -0.25) is 0 Å². The van der Waals surface area contributed by atoms with E-state index < -0.39 is 0 Å². The van der Waals surface area contributed by atoms with Crippen molar-refractivity contribution < 1.29 is 19.9 Å². The lowest BCUT2D eigenvalue weighted by Gasteiger charge is -2.25. The number of fused-ring (bicyclic) bond motifs is 1. The highest BCUT2D eigenvalue weighted by Crippen LogP contribution is 2.33. The number of phenolic OH excluding ortho intramolecular Hbond substituents is 1. The summed E-state index contributed by atoms with van der Waals surface area (Å²) in [5.74, 6) is 1.66. The van der Waals surface area contributed by atoms with E-state index in [1.54, 1.807) is 14.2 Å². The molecule has 1 heterocycles. The van der Waals surface area contributed by atoms with Crippen LogP contribution >= 0.6 is 0 Å². The van der Waals surface area contributed by atoms with Crippen LogP contribution in [0.2, 0.25) is 0 Å². The number of ether oxygens (including phenoxy) is 2. The van der Waals surface area contributed by atoms with Gasteiger partial charge in [0.25, 0.3) is 0 Å². The van der Waals surface area contributed by atoms with Gasteiger partial charge in [0.15, 0.2) is 11.5 Å². The molecule has 0 spiro atoms. The molecule has 1 aliphatic rings. The molecule has 4 heteroatoms. The van der Waals surface area contributed by atoms with Crippen LogP contribution < -0.4 is 14.8 Å². The Morgan fingerprint density at radius 2 is 1.91 bits per heavy atom. The zero-order valence-corrected chi connectivity index (χ0v) is 13.0. The molecule has 0 aliphatic carbocycles. The Bertz CT molecular complexity index is 652. The molecule has 1 atom stereocenters. The molecule has 3 N–H and O–H groups in total. The van der Waals surface area contributed by atoms with Gasteiger partial charge in [0.05, 0.1) is 20.8 Å².